The van der Waals surface area contributed by atoms with Crippen LogP contribution in [-0.4, -0.2) is 60.7 Å². The first-order valence-corrected chi connectivity index (χ1v) is 15.5. The molecule has 4 rings (SSSR count). The lowest BCUT2D eigenvalue weighted by Gasteiger charge is -2.31. The molecule has 226 valence electrons. The molecule has 0 aromatic heterocycles. The van der Waals surface area contributed by atoms with Gasteiger partial charge in [-0.05, 0) is 79.8 Å². The normalized spacial score (nSPS) is 14.7. The Bertz CT molecular complexity index is 1520. The molecule has 1 atom stereocenters. The summed E-state index contributed by atoms with van der Waals surface area (Å²) < 4.78 is 57.4. The molecule has 42 heavy (non-hydrogen) atoms. The molecule has 1 aliphatic rings. The number of nitrogens with zero attached hydrogens (tertiary/aromatic N) is 1. The Morgan fingerprint density at radius 1 is 1.05 bits per heavy atom. The summed E-state index contributed by atoms with van der Waals surface area (Å²) >= 11 is 0. The molecule has 10 heteroatoms. The number of aryl methyl sites for hydroxylation is 1. The van der Waals surface area contributed by atoms with E-state index in [1.807, 2.05) is 26.0 Å². The molecule has 1 aliphatic carbocycles. The van der Waals surface area contributed by atoms with E-state index in [2.05, 4.69) is 17.4 Å². The highest BCUT2D eigenvalue weighted by molar-refractivity contribution is 7.89. The van der Waals surface area contributed by atoms with Crippen molar-refractivity contribution < 1.29 is 32.2 Å². The lowest BCUT2D eigenvalue weighted by Crippen LogP contribution is -2.47. The summed E-state index contributed by atoms with van der Waals surface area (Å²) in [6, 6.07) is 16.3. The summed E-state index contributed by atoms with van der Waals surface area (Å²) in [6.07, 6.45) is 1.91. The zero-order chi connectivity index (χ0) is 30.7. The first kappa shape index (κ1) is 31.7. The molecule has 0 spiro atoms. The topological polar surface area (TPSA) is 107 Å². The lowest BCUT2D eigenvalue weighted by atomic mass is 9.88. The number of sulfonamides is 1. The Labute approximate surface area is 246 Å². The van der Waals surface area contributed by atoms with Crippen LogP contribution < -0.4 is 5.32 Å². The predicted molar refractivity (Wildman–Crippen MR) is 158 cm³/mol. The number of aliphatic hydroxyl groups is 1. The third kappa shape index (κ3) is 7.80. The quantitative estimate of drug-likeness (QED) is 0.260. The number of likely N-dealkylation sites (N-methyl/N-ethyl adjacent to an activating group) is 1. The second kappa shape index (κ2) is 13.0. The maximum Gasteiger partial charge on any atom is 0.303 e. The van der Waals surface area contributed by atoms with E-state index in [1.54, 1.807) is 24.3 Å². The van der Waals surface area contributed by atoms with Gasteiger partial charge in [0, 0.05) is 37.7 Å². The van der Waals surface area contributed by atoms with E-state index in [4.69, 9.17) is 5.11 Å². The van der Waals surface area contributed by atoms with E-state index in [9.17, 15) is 18.3 Å². The van der Waals surface area contributed by atoms with E-state index < -0.39 is 38.6 Å². The van der Waals surface area contributed by atoms with Crippen LogP contribution >= 0.6 is 0 Å². The molecule has 0 heterocycles. The number of carbonyl (C=O) groups is 1. The smallest absolute Gasteiger partial charge is 0.303 e. The third-order valence-electron chi connectivity index (χ3n) is 7.79. The third-order valence-corrected chi connectivity index (χ3v) is 9.63. The molecular weight excluding hydrogens is 562 g/mol. The minimum absolute atomic E-state index is 0.113. The van der Waals surface area contributed by atoms with Crippen molar-refractivity contribution in [3.8, 4) is 11.1 Å². The van der Waals surface area contributed by atoms with Gasteiger partial charge in [0.2, 0.25) is 10.0 Å². The van der Waals surface area contributed by atoms with Gasteiger partial charge in [0.15, 0.2) is 0 Å². The highest BCUT2D eigenvalue weighted by Crippen LogP contribution is 2.32. The average molecular weight is 601 g/mol. The number of carboxylic acid groups (broad SMARTS) is 1. The van der Waals surface area contributed by atoms with Crippen molar-refractivity contribution >= 4 is 16.0 Å². The van der Waals surface area contributed by atoms with Gasteiger partial charge in [-0.1, -0.05) is 48.5 Å². The number of aliphatic carboxylic acids is 1. The molecular formula is C32H38F2N2O5S. The molecule has 0 fully saturated rings. The number of benzene rings is 3. The van der Waals surface area contributed by atoms with Crippen LogP contribution in [0.1, 0.15) is 43.4 Å². The predicted octanol–water partition coefficient (Wildman–Crippen LogP) is 4.80. The van der Waals surface area contributed by atoms with Crippen LogP contribution in [0, 0.1) is 17.6 Å². The molecule has 0 saturated heterocycles. The number of rotatable bonds is 13. The van der Waals surface area contributed by atoms with Gasteiger partial charge in [-0.25, -0.2) is 17.2 Å². The molecule has 3 aromatic rings. The number of hydrogen-bond donors (Lipinski definition) is 3. The van der Waals surface area contributed by atoms with Crippen molar-refractivity contribution in [2.75, 3.05) is 20.1 Å². The van der Waals surface area contributed by atoms with Gasteiger partial charge < -0.3 is 15.5 Å². The van der Waals surface area contributed by atoms with Gasteiger partial charge in [-0.2, -0.15) is 4.31 Å². The van der Waals surface area contributed by atoms with Crippen molar-refractivity contribution in [1.29, 1.82) is 0 Å². The highest BCUT2D eigenvalue weighted by Gasteiger charge is 2.31. The maximum atomic E-state index is 15.1. The summed E-state index contributed by atoms with van der Waals surface area (Å²) in [5, 5.41) is 22.9. The Morgan fingerprint density at radius 3 is 2.36 bits per heavy atom. The minimum Gasteiger partial charge on any atom is -0.481 e. The van der Waals surface area contributed by atoms with Crippen LogP contribution in [0.25, 0.3) is 11.1 Å². The number of halogens is 2. The van der Waals surface area contributed by atoms with Crippen molar-refractivity contribution in [2.45, 2.75) is 62.5 Å². The van der Waals surface area contributed by atoms with Crippen LogP contribution in [0.5, 0.6) is 0 Å². The van der Waals surface area contributed by atoms with Crippen LogP contribution in [0.15, 0.2) is 65.6 Å². The molecule has 0 amide bonds. The SMILES string of the molecule is CN(C[C@H](O)CNC(C)(C)CC1Cc2ccccc2C1)S(=O)(=O)c1cc(F)c(-c2cccc(CCC(=O)O)c2)cc1F. The standard InChI is InChI=1S/C32H38F2N2O5S/c1-32(2,18-22-14-23-8-4-5-9-24(23)15-22)35-19-26(37)20-36(3)42(40,41)30-17-28(33)27(16-29(30)34)25-10-6-7-21(13-25)11-12-31(38)39/h4-10,13,16-17,22,26,35,37H,11-12,14-15,18-20H2,1-3H3,(H,38,39)/t26-/m1/s1. The fourth-order valence-corrected chi connectivity index (χ4v) is 6.96. The summed E-state index contributed by atoms with van der Waals surface area (Å²) in [4.78, 5) is 10.0. The van der Waals surface area contributed by atoms with Crippen molar-refractivity contribution in [1.82, 2.24) is 9.62 Å². The molecule has 3 aromatic carbocycles. The van der Waals surface area contributed by atoms with Crippen LogP contribution in [-0.2, 0) is 34.1 Å². The van der Waals surface area contributed by atoms with Crippen LogP contribution in [0.2, 0.25) is 0 Å². The fraction of sp³-hybridized carbons (Fsp3) is 0.406. The molecule has 0 bridgehead atoms. The first-order valence-electron chi connectivity index (χ1n) is 14.0. The number of hydrogen-bond acceptors (Lipinski definition) is 5. The zero-order valence-corrected chi connectivity index (χ0v) is 24.9. The Balaban J connectivity index is 1.37. The largest absolute Gasteiger partial charge is 0.481 e. The highest BCUT2D eigenvalue weighted by atomic mass is 32.2. The van der Waals surface area contributed by atoms with Crippen LogP contribution in [0.3, 0.4) is 0 Å². The average Bonchev–Trinajstić information content (AvgIpc) is 3.33. The number of β-amino-alcohol motifs (C(OH)–C–C–N with tert-alkyl or cyclic N) is 1. The lowest BCUT2D eigenvalue weighted by molar-refractivity contribution is -0.136. The van der Waals surface area contributed by atoms with E-state index >= 15 is 8.78 Å². The van der Waals surface area contributed by atoms with E-state index in [0.29, 0.717) is 23.1 Å². The Kier molecular flexibility index (Phi) is 9.82. The monoisotopic (exact) mass is 600 g/mol. The first-order chi connectivity index (χ1) is 19.7. The zero-order valence-electron chi connectivity index (χ0n) is 24.1. The van der Waals surface area contributed by atoms with Crippen molar-refractivity contribution in [3.63, 3.8) is 0 Å². The number of carboxylic acids is 1. The minimum atomic E-state index is -4.45. The molecule has 0 radical (unpaired) electrons. The summed E-state index contributed by atoms with van der Waals surface area (Å²) in [5.74, 6) is -2.56. The second-order valence-corrected chi connectivity index (χ2v) is 13.8. The summed E-state index contributed by atoms with van der Waals surface area (Å²) in [6.45, 7) is 3.91. The van der Waals surface area contributed by atoms with Crippen molar-refractivity contribution in [3.05, 3.63) is 89.0 Å². The Hall–Kier alpha value is -3.18. The number of aliphatic hydroxyl groups excluding tert-OH is 1. The van der Waals surface area contributed by atoms with Crippen molar-refractivity contribution in [2.24, 2.45) is 5.92 Å². The molecule has 0 saturated carbocycles. The van der Waals surface area contributed by atoms with Gasteiger partial charge in [0.25, 0.3) is 0 Å². The van der Waals surface area contributed by atoms with Gasteiger partial charge in [0.05, 0.1) is 6.10 Å². The van der Waals surface area contributed by atoms with Crippen LogP contribution in [0.4, 0.5) is 8.78 Å². The maximum absolute atomic E-state index is 15.1. The van der Waals surface area contributed by atoms with Gasteiger partial charge in [-0.15, -0.1) is 0 Å². The summed E-state index contributed by atoms with van der Waals surface area (Å²) in [7, 11) is -3.23. The Morgan fingerprint density at radius 2 is 1.71 bits per heavy atom. The number of nitrogens with one attached hydrogen (secondary N) is 1. The molecule has 0 unspecified atom stereocenters. The number of fused-ring (bicyclic) bond motifs is 1. The molecule has 7 nitrogen and oxygen atoms in total. The van der Waals surface area contributed by atoms with Gasteiger partial charge in [-0.3, -0.25) is 4.79 Å². The fourth-order valence-electron chi connectivity index (χ4n) is 5.70. The van der Waals surface area contributed by atoms with Gasteiger partial charge in [0.1, 0.15) is 16.5 Å². The molecule has 3 N–H and O–H groups in total. The van der Waals surface area contributed by atoms with E-state index in [1.165, 1.54) is 18.2 Å². The van der Waals surface area contributed by atoms with Gasteiger partial charge >= 0.3 is 5.97 Å². The van der Waals surface area contributed by atoms with E-state index in [0.717, 1.165) is 29.6 Å². The van der Waals surface area contributed by atoms with E-state index in [-0.39, 0.29) is 37.0 Å². The molecule has 0 aliphatic heterocycles. The second-order valence-electron chi connectivity index (χ2n) is 11.8. The summed E-state index contributed by atoms with van der Waals surface area (Å²) in [5.41, 5.74) is 3.23.